The molecule has 0 unspecified atom stereocenters. The van der Waals surface area contributed by atoms with Crippen molar-refractivity contribution in [1.82, 2.24) is 24.9 Å². The van der Waals surface area contributed by atoms with Gasteiger partial charge in [-0.25, -0.2) is 19.9 Å². The van der Waals surface area contributed by atoms with E-state index in [2.05, 4.69) is 20.2 Å². The van der Waals surface area contributed by atoms with Crippen LogP contribution in [0.4, 0.5) is 17.5 Å². The van der Waals surface area contributed by atoms with Gasteiger partial charge < -0.3 is 25.8 Å². The average molecular weight is 487 g/mol. The lowest BCUT2D eigenvalue weighted by atomic mass is 10.1. The number of anilines is 3. The summed E-state index contributed by atoms with van der Waals surface area (Å²) in [7, 11) is 0. The predicted molar refractivity (Wildman–Crippen MR) is 136 cm³/mol. The van der Waals surface area contributed by atoms with Crippen molar-refractivity contribution in [1.29, 1.82) is 0 Å². The van der Waals surface area contributed by atoms with Crippen LogP contribution in [-0.4, -0.2) is 67.8 Å². The highest BCUT2D eigenvalue weighted by Crippen LogP contribution is 2.30. The van der Waals surface area contributed by atoms with Crippen LogP contribution in [0.5, 0.6) is 0 Å². The van der Waals surface area contributed by atoms with Crippen molar-refractivity contribution >= 4 is 34.4 Å². The number of rotatable bonds is 5. The number of amides is 1. The lowest BCUT2D eigenvalue weighted by molar-refractivity contribution is -0.130. The largest absolute Gasteiger partial charge is 0.381 e. The van der Waals surface area contributed by atoms with Crippen molar-refractivity contribution in [3.05, 3.63) is 48.9 Å². The molecule has 36 heavy (non-hydrogen) atoms. The van der Waals surface area contributed by atoms with Crippen LogP contribution in [0.2, 0.25) is 0 Å². The molecule has 1 aliphatic rings. The highest BCUT2D eigenvalue weighted by atomic mass is 16.5. The van der Waals surface area contributed by atoms with Gasteiger partial charge in [-0.3, -0.25) is 9.78 Å². The smallest absolute Gasteiger partial charge is 0.255 e. The SMILES string of the molecule is CC(C)(O)C(=O)Nc1cccc(-c2cnc3c(N4CCOCC4)nc(-c4cnc(N)nc4)nc3c2)c1. The Balaban J connectivity index is 1.58. The number of ether oxygens (including phenoxy) is 1. The molecule has 0 aliphatic carbocycles. The van der Waals surface area contributed by atoms with Gasteiger partial charge in [0, 0.05) is 42.9 Å². The molecular formula is C25H26N8O3. The van der Waals surface area contributed by atoms with E-state index in [0.29, 0.717) is 60.2 Å². The fourth-order valence-corrected chi connectivity index (χ4v) is 3.80. The van der Waals surface area contributed by atoms with E-state index in [1.165, 1.54) is 13.8 Å². The standard InChI is InChI=1S/C25H26N8O3/c1-25(2,35)23(34)30-18-5-3-4-15(10-18)16-11-19-20(27-12-16)22(33-6-8-36-9-7-33)32-21(31-19)17-13-28-24(26)29-14-17/h3-5,10-14,35H,6-9H2,1-2H3,(H,30,34)(H2,26,28,29). The molecule has 184 valence electrons. The van der Waals surface area contributed by atoms with Gasteiger partial charge in [0.15, 0.2) is 11.6 Å². The third kappa shape index (κ3) is 4.92. The van der Waals surface area contributed by atoms with E-state index in [-0.39, 0.29) is 5.95 Å². The quantitative estimate of drug-likeness (QED) is 0.383. The summed E-state index contributed by atoms with van der Waals surface area (Å²) in [6.45, 7) is 5.47. The summed E-state index contributed by atoms with van der Waals surface area (Å²) in [4.78, 5) is 36.8. The maximum absolute atomic E-state index is 12.2. The highest BCUT2D eigenvalue weighted by molar-refractivity contribution is 5.97. The zero-order valence-corrected chi connectivity index (χ0v) is 20.0. The number of nitrogens with two attached hydrogens (primary N) is 1. The van der Waals surface area contributed by atoms with Crippen LogP contribution in [0.1, 0.15) is 13.8 Å². The first-order valence-corrected chi connectivity index (χ1v) is 11.5. The number of nitrogens with one attached hydrogen (secondary N) is 1. The van der Waals surface area contributed by atoms with Gasteiger partial charge in [0.1, 0.15) is 11.1 Å². The van der Waals surface area contributed by atoms with E-state index >= 15 is 0 Å². The van der Waals surface area contributed by atoms with Crippen LogP contribution < -0.4 is 16.0 Å². The summed E-state index contributed by atoms with van der Waals surface area (Å²) in [6.07, 6.45) is 4.95. The minimum Gasteiger partial charge on any atom is -0.381 e. The number of pyridine rings is 1. The number of carbonyl (C=O) groups is 1. The molecule has 0 atom stereocenters. The van der Waals surface area contributed by atoms with Crippen molar-refractivity contribution in [2.24, 2.45) is 0 Å². The molecule has 1 aromatic carbocycles. The predicted octanol–water partition coefficient (Wildman–Crippen LogP) is 2.28. The summed E-state index contributed by atoms with van der Waals surface area (Å²) < 4.78 is 5.51. The highest BCUT2D eigenvalue weighted by Gasteiger charge is 2.24. The average Bonchev–Trinajstić information content (AvgIpc) is 2.88. The molecule has 0 radical (unpaired) electrons. The molecule has 0 bridgehead atoms. The molecule has 11 heteroatoms. The Kier molecular flexibility index (Phi) is 6.17. The van der Waals surface area contributed by atoms with Gasteiger partial charge in [-0.05, 0) is 37.6 Å². The molecule has 1 fully saturated rings. The molecule has 4 N–H and O–H groups in total. The fraction of sp³-hybridized carbons (Fsp3) is 0.280. The van der Waals surface area contributed by atoms with E-state index in [4.69, 9.17) is 25.4 Å². The lowest BCUT2D eigenvalue weighted by Crippen LogP contribution is -2.37. The molecule has 4 aromatic rings. The number of aromatic nitrogens is 5. The normalized spacial score (nSPS) is 14.1. The van der Waals surface area contributed by atoms with E-state index in [9.17, 15) is 9.90 Å². The molecule has 3 aromatic heterocycles. The van der Waals surface area contributed by atoms with Crippen LogP contribution >= 0.6 is 0 Å². The zero-order chi connectivity index (χ0) is 25.3. The van der Waals surface area contributed by atoms with Gasteiger partial charge in [0.05, 0.1) is 24.3 Å². The molecule has 1 aliphatic heterocycles. The maximum atomic E-state index is 12.2. The number of morpholine rings is 1. The van der Waals surface area contributed by atoms with Crippen molar-refractivity contribution in [3.63, 3.8) is 0 Å². The van der Waals surface area contributed by atoms with E-state index in [1.54, 1.807) is 24.7 Å². The topological polar surface area (TPSA) is 152 Å². The summed E-state index contributed by atoms with van der Waals surface area (Å²) in [6, 6.07) is 9.27. The minimum atomic E-state index is -1.49. The summed E-state index contributed by atoms with van der Waals surface area (Å²) in [5.41, 5.74) is 8.35. The second kappa shape index (κ2) is 9.44. The van der Waals surface area contributed by atoms with Crippen LogP contribution in [0, 0.1) is 0 Å². The molecule has 11 nitrogen and oxygen atoms in total. The first-order valence-electron chi connectivity index (χ1n) is 11.5. The van der Waals surface area contributed by atoms with Crippen LogP contribution in [0.3, 0.4) is 0 Å². The lowest BCUT2D eigenvalue weighted by Gasteiger charge is -2.28. The monoisotopic (exact) mass is 486 g/mol. The van der Waals surface area contributed by atoms with E-state index in [1.807, 2.05) is 24.3 Å². The number of fused-ring (bicyclic) bond motifs is 1. The Morgan fingerprint density at radius 2 is 1.75 bits per heavy atom. The summed E-state index contributed by atoms with van der Waals surface area (Å²) >= 11 is 0. The first kappa shape index (κ1) is 23.5. The number of nitrogen functional groups attached to an aromatic ring is 1. The van der Waals surface area contributed by atoms with Gasteiger partial charge in [0.2, 0.25) is 5.95 Å². The number of hydrogen-bond acceptors (Lipinski definition) is 10. The Labute approximate surface area is 207 Å². The zero-order valence-electron chi connectivity index (χ0n) is 20.0. The van der Waals surface area contributed by atoms with E-state index < -0.39 is 11.5 Å². The van der Waals surface area contributed by atoms with Crippen molar-refractivity contribution in [2.75, 3.05) is 42.3 Å². The molecule has 0 saturated carbocycles. The number of benzene rings is 1. The molecule has 1 saturated heterocycles. The third-order valence-corrected chi connectivity index (χ3v) is 5.77. The van der Waals surface area contributed by atoms with Gasteiger partial charge in [-0.1, -0.05) is 12.1 Å². The Morgan fingerprint density at radius 1 is 1.03 bits per heavy atom. The van der Waals surface area contributed by atoms with Crippen molar-refractivity contribution in [3.8, 4) is 22.5 Å². The number of hydrogen-bond donors (Lipinski definition) is 3. The fourth-order valence-electron chi connectivity index (χ4n) is 3.80. The molecule has 0 spiro atoms. The second-order valence-electron chi connectivity index (χ2n) is 8.99. The van der Waals surface area contributed by atoms with Gasteiger partial charge in [0.25, 0.3) is 5.91 Å². The Morgan fingerprint density at radius 3 is 2.47 bits per heavy atom. The Hall–Kier alpha value is -4.22. The van der Waals surface area contributed by atoms with Crippen LogP contribution in [0.15, 0.2) is 48.9 Å². The summed E-state index contributed by atoms with van der Waals surface area (Å²) in [5.74, 6) is 0.866. The molecule has 5 rings (SSSR count). The maximum Gasteiger partial charge on any atom is 0.255 e. The second-order valence-corrected chi connectivity index (χ2v) is 8.99. The van der Waals surface area contributed by atoms with Gasteiger partial charge in [-0.15, -0.1) is 0 Å². The molecule has 1 amide bonds. The van der Waals surface area contributed by atoms with Crippen LogP contribution in [0.25, 0.3) is 33.5 Å². The Bertz CT molecular complexity index is 1410. The summed E-state index contributed by atoms with van der Waals surface area (Å²) in [5, 5.41) is 12.7. The minimum absolute atomic E-state index is 0.174. The van der Waals surface area contributed by atoms with Crippen molar-refractivity contribution < 1.29 is 14.6 Å². The van der Waals surface area contributed by atoms with Crippen molar-refractivity contribution in [2.45, 2.75) is 19.4 Å². The number of carbonyl (C=O) groups excluding carboxylic acids is 1. The number of nitrogens with zero attached hydrogens (tertiary/aromatic N) is 6. The van der Waals surface area contributed by atoms with Gasteiger partial charge in [-0.2, -0.15) is 0 Å². The number of aliphatic hydroxyl groups is 1. The van der Waals surface area contributed by atoms with Gasteiger partial charge >= 0.3 is 0 Å². The molecule has 4 heterocycles. The third-order valence-electron chi connectivity index (χ3n) is 5.77. The molecular weight excluding hydrogens is 460 g/mol. The van der Waals surface area contributed by atoms with Crippen LogP contribution in [-0.2, 0) is 9.53 Å². The first-order chi connectivity index (χ1) is 17.3. The van der Waals surface area contributed by atoms with E-state index in [0.717, 1.165) is 11.1 Å².